The molecule has 1 heterocycles. The lowest BCUT2D eigenvalue weighted by atomic mass is 10.0. The van der Waals surface area contributed by atoms with Crippen molar-refractivity contribution in [3.8, 4) is 11.3 Å². The summed E-state index contributed by atoms with van der Waals surface area (Å²) in [5.74, 6) is -0.931. The van der Waals surface area contributed by atoms with Crippen molar-refractivity contribution in [1.82, 2.24) is 4.57 Å². The molecule has 4 rings (SSSR count). The molecule has 0 aliphatic carbocycles. The van der Waals surface area contributed by atoms with Gasteiger partial charge in [-0.25, -0.2) is 8.42 Å². The normalized spacial score (nSPS) is 11.4. The second-order valence-electron chi connectivity index (χ2n) is 7.59. The van der Waals surface area contributed by atoms with E-state index in [2.05, 4.69) is 0 Å². The number of carboxylic acids is 1. The minimum Gasteiger partial charge on any atom is -0.480 e. The highest BCUT2D eigenvalue weighted by Crippen LogP contribution is 2.30. The van der Waals surface area contributed by atoms with Gasteiger partial charge in [-0.2, -0.15) is 0 Å². The average Bonchev–Trinajstić information content (AvgIpc) is 3.10. The van der Waals surface area contributed by atoms with Gasteiger partial charge in [0.1, 0.15) is 6.54 Å². The van der Waals surface area contributed by atoms with Gasteiger partial charge in [-0.05, 0) is 47.9 Å². The highest BCUT2D eigenvalue weighted by Gasteiger charge is 2.22. The fraction of sp³-hybridized carbons (Fsp3) is 0.115. The van der Waals surface area contributed by atoms with Gasteiger partial charge in [0, 0.05) is 17.8 Å². The van der Waals surface area contributed by atoms with Gasteiger partial charge in [0.05, 0.1) is 9.79 Å². The smallest absolute Gasteiger partial charge is 0.323 e. The molecule has 3 aromatic carbocycles. The van der Waals surface area contributed by atoms with Gasteiger partial charge in [0.2, 0.25) is 9.84 Å². The van der Waals surface area contributed by atoms with E-state index in [9.17, 15) is 18.3 Å². The lowest BCUT2D eigenvalue weighted by Gasteiger charge is -2.12. The minimum atomic E-state index is -3.68. The molecule has 0 bridgehead atoms. The lowest BCUT2D eigenvalue weighted by molar-refractivity contribution is -0.137. The van der Waals surface area contributed by atoms with E-state index in [1.165, 1.54) is 0 Å². The molecule has 6 heteroatoms. The molecule has 0 fully saturated rings. The van der Waals surface area contributed by atoms with E-state index in [0.717, 1.165) is 22.5 Å². The summed E-state index contributed by atoms with van der Waals surface area (Å²) in [6, 6.07) is 26.9. The van der Waals surface area contributed by atoms with Gasteiger partial charge in [-0.1, -0.05) is 66.7 Å². The van der Waals surface area contributed by atoms with Gasteiger partial charge >= 0.3 is 5.97 Å². The zero-order chi connectivity index (χ0) is 22.7. The standard InChI is InChI=1S/C26H23NO4S/c1-19-22(17-24(27(19)18-26(28)29)20-10-4-2-5-11-20)16-21-12-8-9-15-25(21)32(30,31)23-13-6-3-7-14-23/h2-15,17H,16,18H2,1H3,(H,28,29). The highest BCUT2D eigenvalue weighted by molar-refractivity contribution is 7.91. The van der Waals surface area contributed by atoms with Crippen LogP contribution in [0.3, 0.4) is 0 Å². The zero-order valence-corrected chi connectivity index (χ0v) is 18.4. The van der Waals surface area contributed by atoms with Crippen LogP contribution < -0.4 is 0 Å². The monoisotopic (exact) mass is 445 g/mol. The third-order valence-corrected chi connectivity index (χ3v) is 7.40. The van der Waals surface area contributed by atoms with Crippen LogP contribution in [0.15, 0.2) is 101 Å². The Labute approximate surface area is 187 Å². The third kappa shape index (κ3) is 4.22. The average molecular weight is 446 g/mol. The van der Waals surface area contributed by atoms with Crippen LogP contribution in [0.4, 0.5) is 0 Å². The first-order chi connectivity index (χ1) is 15.4. The molecule has 5 nitrogen and oxygen atoms in total. The number of aromatic nitrogens is 1. The second-order valence-corrected chi connectivity index (χ2v) is 9.51. The van der Waals surface area contributed by atoms with E-state index in [4.69, 9.17) is 0 Å². The molecule has 0 saturated heterocycles. The van der Waals surface area contributed by atoms with Crippen molar-refractivity contribution in [2.45, 2.75) is 29.7 Å². The number of rotatable bonds is 7. The molecule has 0 spiro atoms. The number of carboxylic acid groups (broad SMARTS) is 1. The zero-order valence-electron chi connectivity index (χ0n) is 17.6. The summed E-state index contributed by atoms with van der Waals surface area (Å²) in [5, 5.41) is 9.44. The van der Waals surface area contributed by atoms with Crippen LogP contribution in [-0.4, -0.2) is 24.1 Å². The van der Waals surface area contributed by atoms with Gasteiger partial charge in [0.15, 0.2) is 0 Å². The molecule has 4 aromatic rings. The Bertz CT molecular complexity index is 1360. The first-order valence-electron chi connectivity index (χ1n) is 10.2. The minimum absolute atomic E-state index is 0.167. The molecule has 1 aromatic heterocycles. The fourth-order valence-corrected chi connectivity index (χ4v) is 5.42. The van der Waals surface area contributed by atoms with Crippen LogP contribution in [0.25, 0.3) is 11.3 Å². The molecule has 0 radical (unpaired) electrons. The largest absolute Gasteiger partial charge is 0.480 e. The summed E-state index contributed by atoms with van der Waals surface area (Å²) in [7, 11) is -3.68. The van der Waals surface area contributed by atoms with Gasteiger partial charge in [0.25, 0.3) is 0 Å². The first-order valence-corrected chi connectivity index (χ1v) is 11.7. The Kier molecular flexibility index (Phi) is 5.97. The van der Waals surface area contributed by atoms with Crippen molar-refractivity contribution in [3.05, 3.63) is 108 Å². The predicted octanol–water partition coefficient (Wildman–Crippen LogP) is 4.97. The number of hydrogen-bond acceptors (Lipinski definition) is 3. The number of sulfone groups is 1. The highest BCUT2D eigenvalue weighted by atomic mass is 32.2. The Hall–Kier alpha value is -3.64. The maximum absolute atomic E-state index is 13.3. The molecule has 0 unspecified atom stereocenters. The maximum atomic E-state index is 13.3. The molecule has 162 valence electrons. The van der Waals surface area contributed by atoms with Crippen molar-refractivity contribution >= 4 is 15.8 Å². The summed E-state index contributed by atoms with van der Waals surface area (Å²) in [6.45, 7) is 1.71. The van der Waals surface area contributed by atoms with Crippen molar-refractivity contribution in [2.75, 3.05) is 0 Å². The molecule has 32 heavy (non-hydrogen) atoms. The van der Waals surface area contributed by atoms with E-state index < -0.39 is 15.8 Å². The number of benzene rings is 3. The molecular weight excluding hydrogens is 422 g/mol. The fourth-order valence-electron chi connectivity index (χ4n) is 3.91. The quantitative estimate of drug-likeness (QED) is 0.436. The maximum Gasteiger partial charge on any atom is 0.323 e. The summed E-state index contributed by atoms with van der Waals surface area (Å²) >= 11 is 0. The van der Waals surface area contributed by atoms with E-state index in [0.29, 0.717) is 12.0 Å². The molecule has 0 saturated carbocycles. The lowest BCUT2D eigenvalue weighted by Crippen LogP contribution is -2.11. The van der Waals surface area contributed by atoms with Crippen LogP contribution in [0.1, 0.15) is 16.8 Å². The predicted molar refractivity (Wildman–Crippen MR) is 123 cm³/mol. The van der Waals surface area contributed by atoms with Crippen LogP contribution in [-0.2, 0) is 27.6 Å². The number of carbonyl (C=O) groups is 1. The molecule has 0 atom stereocenters. The van der Waals surface area contributed by atoms with Crippen molar-refractivity contribution in [1.29, 1.82) is 0 Å². The topological polar surface area (TPSA) is 76.4 Å². The van der Waals surface area contributed by atoms with Crippen LogP contribution in [0.2, 0.25) is 0 Å². The third-order valence-electron chi connectivity index (χ3n) is 5.53. The summed E-state index contributed by atoms with van der Waals surface area (Å²) in [6.07, 6.45) is 0.376. The van der Waals surface area contributed by atoms with E-state index in [1.807, 2.05) is 55.5 Å². The van der Waals surface area contributed by atoms with Gasteiger partial charge in [-0.3, -0.25) is 4.79 Å². The summed E-state index contributed by atoms with van der Waals surface area (Å²) in [5.41, 5.74) is 4.07. The van der Waals surface area contributed by atoms with E-state index in [1.54, 1.807) is 47.0 Å². The molecule has 0 aliphatic rings. The Morgan fingerprint density at radius 2 is 1.44 bits per heavy atom. The number of hydrogen-bond donors (Lipinski definition) is 1. The van der Waals surface area contributed by atoms with Crippen LogP contribution in [0, 0.1) is 6.92 Å². The Morgan fingerprint density at radius 3 is 2.09 bits per heavy atom. The number of nitrogens with zero attached hydrogens (tertiary/aromatic N) is 1. The Morgan fingerprint density at radius 1 is 0.844 bits per heavy atom. The van der Waals surface area contributed by atoms with E-state index >= 15 is 0 Å². The first kappa shape index (κ1) is 21.6. The molecule has 0 amide bonds. The van der Waals surface area contributed by atoms with Gasteiger partial charge < -0.3 is 9.67 Å². The van der Waals surface area contributed by atoms with Crippen molar-refractivity contribution < 1.29 is 18.3 Å². The summed E-state index contributed by atoms with van der Waals surface area (Å²) < 4.78 is 28.3. The SMILES string of the molecule is Cc1c(Cc2ccccc2S(=O)(=O)c2ccccc2)cc(-c2ccccc2)n1CC(=O)O. The second kappa shape index (κ2) is 8.85. The molecule has 0 aliphatic heterocycles. The van der Waals surface area contributed by atoms with Crippen LogP contribution >= 0.6 is 0 Å². The van der Waals surface area contributed by atoms with E-state index in [-0.39, 0.29) is 16.3 Å². The van der Waals surface area contributed by atoms with Crippen LogP contribution in [0.5, 0.6) is 0 Å². The Balaban J connectivity index is 1.80. The van der Waals surface area contributed by atoms with Crippen molar-refractivity contribution in [2.24, 2.45) is 0 Å². The molecule has 1 N–H and O–H groups in total. The summed E-state index contributed by atoms with van der Waals surface area (Å²) in [4.78, 5) is 12.0. The van der Waals surface area contributed by atoms with Gasteiger partial charge in [-0.15, -0.1) is 0 Å². The molecular formula is C26H23NO4S. The van der Waals surface area contributed by atoms with Crippen molar-refractivity contribution in [3.63, 3.8) is 0 Å². The number of aliphatic carboxylic acids is 1.